The Morgan fingerprint density at radius 2 is 2.14 bits per heavy atom. The molecular weight excluding hydrogens is 297 g/mol. The summed E-state index contributed by atoms with van der Waals surface area (Å²) < 4.78 is 43.1. The number of pyridine rings is 1. The number of alkyl halides is 3. The monoisotopic (exact) mass is 312 g/mol. The summed E-state index contributed by atoms with van der Waals surface area (Å²) in [5.41, 5.74) is -0.902. The van der Waals surface area contributed by atoms with E-state index in [9.17, 15) is 13.2 Å². The highest BCUT2D eigenvalue weighted by Gasteiger charge is 2.32. The smallest absolute Gasteiger partial charge is 0.339 e. The van der Waals surface area contributed by atoms with Crippen LogP contribution in [-0.4, -0.2) is 28.2 Å². The molecule has 1 N–H and O–H groups in total. The molecule has 3 rings (SSSR count). The first-order valence-electron chi connectivity index (χ1n) is 7.10. The first-order valence-corrected chi connectivity index (χ1v) is 7.10. The van der Waals surface area contributed by atoms with Gasteiger partial charge in [-0.3, -0.25) is 0 Å². The minimum atomic E-state index is -4.49. The molecule has 3 heterocycles. The van der Waals surface area contributed by atoms with E-state index >= 15 is 0 Å². The zero-order chi connectivity index (χ0) is 15.6. The molecule has 1 fully saturated rings. The van der Waals surface area contributed by atoms with E-state index in [1.165, 1.54) is 12.1 Å². The molecule has 5 nitrogen and oxygen atoms in total. The summed E-state index contributed by atoms with van der Waals surface area (Å²) in [4.78, 5) is 7.68. The van der Waals surface area contributed by atoms with Gasteiger partial charge in [0.1, 0.15) is 11.4 Å². The number of aromatic nitrogens is 3. The summed E-state index contributed by atoms with van der Waals surface area (Å²) in [6.45, 7) is 2.00. The summed E-state index contributed by atoms with van der Waals surface area (Å²) in [7, 11) is 0. The lowest BCUT2D eigenvalue weighted by Crippen LogP contribution is -2.09. The molecule has 2 aromatic rings. The van der Waals surface area contributed by atoms with Crippen LogP contribution in [0.1, 0.15) is 24.4 Å². The van der Waals surface area contributed by atoms with Crippen molar-refractivity contribution in [1.82, 2.24) is 20.4 Å². The number of halogens is 3. The van der Waals surface area contributed by atoms with Crippen molar-refractivity contribution in [3.8, 4) is 11.5 Å². The van der Waals surface area contributed by atoms with Crippen LogP contribution in [0.2, 0.25) is 0 Å². The second kappa shape index (κ2) is 6.04. The van der Waals surface area contributed by atoms with Crippen LogP contribution >= 0.6 is 0 Å². The van der Waals surface area contributed by atoms with Gasteiger partial charge in [0, 0.05) is 6.42 Å². The molecule has 0 aliphatic carbocycles. The zero-order valence-electron chi connectivity index (χ0n) is 11.7. The number of nitrogens with zero attached hydrogens (tertiary/aromatic N) is 3. The van der Waals surface area contributed by atoms with Gasteiger partial charge in [0.25, 0.3) is 0 Å². The molecule has 0 aromatic carbocycles. The summed E-state index contributed by atoms with van der Waals surface area (Å²) in [6.07, 6.45) is -1.82. The van der Waals surface area contributed by atoms with Crippen molar-refractivity contribution in [3.63, 3.8) is 0 Å². The highest BCUT2D eigenvalue weighted by molar-refractivity contribution is 5.48. The maximum Gasteiger partial charge on any atom is 0.433 e. The molecule has 0 amide bonds. The largest absolute Gasteiger partial charge is 0.433 e. The van der Waals surface area contributed by atoms with E-state index < -0.39 is 11.9 Å². The molecule has 22 heavy (non-hydrogen) atoms. The highest BCUT2D eigenvalue weighted by Crippen LogP contribution is 2.28. The molecular formula is C14H15F3N4O. The third-order valence-electron chi connectivity index (χ3n) is 3.67. The topological polar surface area (TPSA) is 63.8 Å². The first kappa shape index (κ1) is 15.0. The Hall–Kier alpha value is -1.96. The standard InChI is InChI=1S/C14H15F3N4O/c15-14(16,17)11-3-1-2-10(19-11)13-20-12(22-21-13)5-4-9-6-7-18-8-9/h1-3,9,18H,4-8H2. The molecule has 0 spiro atoms. The molecule has 1 unspecified atom stereocenters. The number of hydrogen-bond acceptors (Lipinski definition) is 5. The second-order valence-electron chi connectivity index (χ2n) is 5.32. The van der Waals surface area contributed by atoms with Crippen molar-refractivity contribution in [1.29, 1.82) is 0 Å². The van der Waals surface area contributed by atoms with E-state index in [0.717, 1.165) is 32.0 Å². The molecule has 1 atom stereocenters. The predicted molar refractivity (Wildman–Crippen MR) is 71.8 cm³/mol. The second-order valence-corrected chi connectivity index (χ2v) is 5.32. The van der Waals surface area contributed by atoms with Crippen LogP contribution in [0.3, 0.4) is 0 Å². The molecule has 0 saturated carbocycles. The van der Waals surface area contributed by atoms with Crippen molar-refractivity contribution >= 4 is 0 Å². The number of rotatable bonds is 4. The fourth-order valence-corrected chi connectivity index (χ4v) is 2.47. The fourth-order valence-electron chi connectivity index (χ4n) is 2.47. The summed E-state index contributed by atoms with van der Waals surface area (Å²) in [5.74, 6) is 1.11. The van der Waals surface area contributed by atoms with E-state index in [0.29, 0.717) is 18.2 Å². The van der Waals surface area contributed by atoms with E-state index in [2.05, 4.69) is 20.4 Å². The van der Waals surface area contributed by atoms with Crippen LogP contribution in [0, 0.1) is 5.92 Å². The minimum Gasteiger partial charge on any atom is -0.339 e. The molecule has 1 aliphatic heterocycles. The Bertz CT molecular complexity index is 635. The van der Waals surface area contributed by atoms with Gasteiger partial charge in [-0.25, -0.2) is 4.98 Å². The maximum atomic E-state index is 12.6. The average molecular weight is 312 g/mol. The van der Waals surface area contributed by atoms with Gasteiger partial charge in [-0.15, -0.1) is 0 Å². The van der Waals surface area contributed by atoms with Gasteiger partial charge >= 0.3 is 6.18 Å². The normalized spacial score (nSPS) is 18.8. The van der Waals surface area contributed by atoms with Crippen LogP contribution in [-0.2, 0) is 12.6 Å². The molecule has 8 heteroatoms. The summed E-state index contributed by atoms with van der Waals surface area (Å²) >= 11 is 0. The van der Waals surface area contributed by atoms with Crippen LogP contribution in [0.4, 0.5) is 13.2 Å². The number of hydrogen-bond donors (Lipinski definition) is 1. The van der Waals surface area contributed by atoms with E-state index in [1.54, 1.807) is 0 Å². The highest BCUT2D eigenvalue weighted by atomic mass is 19.4. The predicted octanol–water partition coefficient (Wildman–Crippen LogP) is 2.69. The van der Waals surface area contributed by atoms with Gasteiger partial charge in [0.2, 0.25) is 11.7 Å². The van der Waals surface area contributed by atoms with Crippen LogP contribution in [0.15, 0.2) is 22.7 Å². The number of aryl methyl sites for hydroxylation is 1. The van der Waals surface area contributed by atoms with Crippen molar-refractivity contribution in [3.05, 3.63) is 29.8 Å². The van der Waals surface area contributed by atoms with Gasteiger partial charge in [-0.1, -0.05) is 11.2 Å². The third-order valence-corrected chi connectivity index (χ3v) is 3.67. The first-order chi connectivity index (χ1) is 10.5. The Labute approximate surface area is 124 Å². The van der Waals surface area contributed by atoms with Gasteiger partial charge < -0.3 is 9.84 Å². The van der Waals surface area contributed by atoms with Gasteiger partial charge in [0.15, 0.2) is 0 Å². The van der Waals surface area contributed by atoms with Gasteiger partial charge in [-0.2, -0.15) is 18.2 Å². The van der Waals surface area contributed by atoms with Crippen LogP contribution in [0.25, 0.3) is 11.5 Å². The lowest BCUT2D eigenvalue weighted by molar-refractivity contribution is -0.141. The fraction of sp³-hybridized carbons (Fsp3) is 0.500. The summed E-state index contributed by atoms with van der Waals surface area (Å²) in [6, 6.07) is 3.63. The van der Waals surface area contributed by atoms with Crippen molar-refractivity contribution in [2.24, 2.45) is 5.92 Å². The van der Waals surface area contributed by atoms with Crippen LogP contribution < -0.4 is 5.32 Å². The third kappa shape index (κ3) is 3.44. The van der Waals surface area contributed by atoms with Gasteiger partial charge in [0.05, 0.1) is 0 Å². The molecule has 0 radical (unpaired) electrons. The molecule has 1 aliphatic rings. The Balaban J connectivity index is 1.70. The maximum absolute atomic E-state index is 12.6. The van der Waals surface area contributed by atoms with Crippen LogP contribution in [0.5, 0.6) is 0 Å². The Morgan fingerprint density at radius 1 is 1.27 bits per heavy atom. The van der Waals surface area contributed by atoms with Crippen molar-refractivity contribution < 1.29 is 17.7 Å². The minimum absolute atomic E-state index is 0.0624. The van der Waals surface area contributed by atoms with E-state index in [1.807, 2.05) is 0 Å². The van der Waals surface area contributed by atoms with E-state index in [4.69, 9.17) is 4.52 Å². The molecule has 2 aromatic heterocycles. The zero-order valence-corrected chi connectivity index (χ0v) is 11.7. The molecule has 118 valence electrons. The SMILES string of the molecule is FC(F)(F)c1cccc(-c2noc(CCC3CCNC3)n2)n1. The van der Waals surface area contributed by atoms with Gasteiger partial charge in [-0.05, 0) is 44.0 Å². The Kier molecular flexibility index (Phi) is 4.10. The molecule has 1 saturated heterocycles. The summed E-state index contributed by atoms with van der Waals surface area (Å²) in [5, 5.41) is 7.00. The van der Waals surface area contributed by atoms with E-state index in [-0.39, 0.29) is 11.5 Å². The van der Waals surface area contributed by atoms with Crippen molar-refractivity contribution in [2.45, 2.75) is 25.4 Å². The lowest BCUT2D eigenvalue weighted by atomic mass is 10.0. The quantitative estimate of drug-likeness (QED) is 0.940. The molecule has 0 bridgehead atoms. The Morgan fingerprint density at radius 3 is 2.86 bits per heavy atom. The number of nitrogens with one attached hydrogen (secondary N) is 1. The average Bonchev–Trinajstić information content (AvgIpc) is 3.16. The lowest BCUT2D eigenvalue weighted by Gasteiger charge is -2.05. The van der Waals surface area contributed by atoms with Crippen molar-refractivity contribution in [2.75, 3.05) is 13.1 Å².